The van der Waals surface area contributed by atoms with Gasteiger partial charge in [0.2, 0.25) is 0 Å². The molecule has 1 amide bonds. The van der Waals surface area contributed by atoms with Crippen molar-refractivity contribution in [2.24, 2.45) is 0 Å². The molecule has 0 spiro atoms. The third-order valence-corrected chi connectivity index (χ3v) is 1.65. The van der Waals surface area contributed by atoms with E-state index in [9.17, 15) is 4.79 Å². The van der Waals surface area contributed by atoms with E-state index in [4.69, 9.17) is 4.79 Å². The topological polar surface area (TPSA) is 46.2 Å². The third kappa shape index (κ3) is 6.76. The van der Waals surface area contributed by atoms with Crippen molar-refractivity contribution in [3.05, 3.63) is 35.4 Å². The van der Waals surface area contributed by atoms with Gasteiger partial charge in [0.25, 0.3) is 5.91 Å². The highest BCUT2D eigenvalue weighted by Crippen LogP contribution is 2.02. The molecule has 90 valence electrons. The fourth-order valence-corrected chi connectivity index (χ4v) is 0.968. The Labute approximate surface area is 97.9 Å². The lowest BCUT2D eigenvalue weighted by molar-refractivity contribution is -0.0979. The van der Waals surface area contributed by atoms with Crippen LogP contribution in [0.5, 0.6) is 0 Å². The van der Waals surface area contributed by atoms with E-state index < -0.39 is 0 Å². The molecule has 0 aliphatic carbocycles. The van der Waals surface area contributed by atoms with Gasteiger partial charge in [-0.3, -0.25) is 4.79 Å². The Morgan fingerprint density at radius 2 is 1.62 bits per heavy atom. The van der Waals surface area contributed by atoms with Crippen molar-refractivity contribution >= 4 is 12.7 Å². The first kappa shape index (κ1) is 16.8. The van der Waals surface area contributed by atoms with Gasteiger partial charge in [-0.15, -0.1) is 0 Å². The van der Waals surface area contributed by atoms with E-state index in [1.807, 2.05) is 58.7 Å². The molecule has 1 aromatic rings. The highest BCUT2D eigenvalue weighted by molar-refractivity contribution is 5.94. The second-order valence-corrected chi connectivity index (χ2v) is 2.73. The van der Waals surface area contributed by atoms with Crippen LogP contribution in [0.4, 0.5) is 0 Å². The molecular weight excluding hydrogens is 202 g/mol. The van der Waals surface area contributed by atoms with E-state index in [1.54, 1.807) is 0 Å². The number of nitrogens with one attached hydrogen (secondary N) is 1. The van der Waals surface area contributed by atoms with Crippen LogP contribution in [0.15, 0.2) is 24.3 Å². The van der Waals surface area contributed by atoms with E-state index in [0.717, 1.165) is 5.56 Å². The van der Waals surface area contributed by atoms with Gasteiger partial charge in [-0.1, -0.05) is 31.5 Å². The Balaban J connectivity index is 0. The van der Waals surface area contributed by atoms with Crippen LogP contribution in [0.2, 0.25) is 0 Å². The molecule has 3 heteroatoms. The summed E-state index contributed by atoms with van der Waals surface area (Å²) >= 11 is 0. The van der Waals surface area contributed by atoms with Crippen LogP contribution in [-0.4, -0.2) is 19.2 Å². The molecule has 0 saturated carbocycles. The summed E-state index contributed by atoms with van der Waals surface area (Å²) in [7, 11) is 0. The molecule has 1 rings (SSSR count). The maximum atomic E-state index is 11.2. The molecule has 16 heavy (non-hydrogen) atoms. The fraction of sp³-hybridized carbons (Fsp3) is 0.385. The molecule has 0 aliphatic rings. The maximum Gasteiger partial charge on any atom is 0.251 e. The van der Waals surface area contributed by atoms with Gasteiger partial charge in [-0.25, -0.2) is 0 Å². The van der Waals surface area contributed by atoms with Crippen molar-refractivity contribution in [1.29, 1.82) is 0 Å². The zero-order valence-corrected chi connectivity index (χ0v) is 10.5. The second-order valence-electron chi connectivity index (χ2n) is 2.73. The van der Waals surface area contributed by atoms with E-state index in [2.05, 4.69) is 5.32 Å². The number of carbonyl (C=O) groups excluding carboxylic acids is 2. The van der Waals surface area contributed by atoms with Crippen molar-refractivity contribution in [1.82, 2.24) is 5.32 Å². The zero-order chi connectivity index (χ0) is 13.0. The minimum absolute atomic E-state index is 0.00231. The summed E-state index contributed by atoms with van der Waals surface area (Å²) in [5.41, 5.74) is 1.89. The molecule has 0 saturated heterocycles. The number of carbonyl (C=O) groups is 2. The van der Waals surface area contributed by atoms with Crippen molar-refractivity contribution < 1.29 is 9.59 Å². The Bertz CT molecular complexity index is 280. The lowest BCUT2D eigenvalue weighted by Crippen LogP contribution is -2.22. The van der Waals surface area contributed by atoms with Gasteiger partial charge >= 0.3 is 0 Å². The minimum atomic E-state index is -0.00231. The largest absolute Gasteiger partial charge is 0.352 e. The molecule has 1 aromatic carbocycles. The molecule has 0 aliphatic heterocycles. The highest BCUT2D eigenvalue weighted by Gasteiger charge is 2.01. The molecule has 1 N–H and O–H groups in total. The molecule has 3 nitrogen and oxygen atoms in total. The minimum Gasteiger partial charge on any atom is -0.352 e. The SMILES string of the molecule is C=O.CC.CCNC(=O)c1ccc(C)cc1. The van der Waals surface area contributed by atoms with Gasteiger partial charge < -0.3 is 10.1 Å². The van der Waals surface area contributed by atoms with Crippen LogP contribution in [0, 0.1) is 6.92 Å². The molecule has 0 unspecified atom stereocenters. The number of hydrogen-bond donors (Lipinski definition) is 1. The Morgan fingerprint density at radius 3 is 2.00 bits per heavy atom. The number of amides is 1. The Morgan fingerprint density at radius 1 is 1.19 bits per heavy atom. The fourth-order valence-electron chi connectivity index (χ4n) is 0.968. The van der Waals surface area contributed by atoms with E-state index in [0.29, 0.717) is 6.54 Å². The van der Waals surface area contributed by atoms with Gasteiger partial charge in [0.15, 0.2) is 0 Å². The smallest absolute Gasteiger partial charge is 0.251 e. The van der Waals surface area contributed by atoms with Crippen LogP contribution in [0.1, 0.15) is 36.7 Å². The summed E-state index contributed by atoms with van der Waals surface area (Å²) in [6.07, 6.45) is 0. The number of hydrogen-bond acceptors (Lipinski definition) is 2. The normalized spacial score (nSPS) is 7.75. The predicted molar refractivity (Wildman–Crippen MR) is 67.7 cm³/mol. The van der Waals surface area contributed by atoms with Crippen LogP contribution < -0.4 is 5.32 Å². The predicted octanol–water partition coefficient (Wildman–Crippen LogP) is 2.59. The molecule has 0 aromatic heterocycles. The van der Waals surface area contributed by atoms with Gasteiger partial charge in [-0.2, -0.15) is 0 Å². The van der Waals surface area contributed by atoms with Crippen LogP contribution >= 0.6 is 0 Å². The molecule has 0 radical (unpaired) electrons. The second kappa shape index (κ2) is 11.4. The summed E-state index contributed by atoms with van der Waals surface area (Å²) in [6.45, 7) is 10.6. The first-order valence-corrected chi connectivity index (χ1v) is 5.37. The summed E-state index contributed by atoms with van der Waals surface area (Å²) in [5, 5.41) is 2.74. The molecular formula is C13H21NO2. The van der Waals surface area contributed by atoms with Crippen LogP contribution in [-0.2, 0) is 4.79 Å². The first-order valence-electron chi connectivity index (χ1n) is 5.37. The average Bonchev–Trinajstić information content (AvgIpc) is 2.35. The van der Waals surface area contributed by atoms with Gasteiger partial charge in [0.05, 0.1) is 0 Å². The van der Waals surface area contributed by atoms with Crippen LogP contribution in [0.25, 0.3) is 0 Å². The lowest BCUT2D eigenvalue weighted by atomic mass is 10.1. The van der Waals surface area contributed by atoms with Gasteiger partial charge in [0, 0.05) is 12.1 Å². The Kier molecular flexibility index (Phi) is 12.0. The van der Waals surface area contributed by atoms with Crippen molar-refractivity contribution in [2.45, 2.75) is 27.7 Å². The summed E-state index contributed by atoms with van der Waals surface area (Å²) in [4.78, 5) is 19.2. The quantitative estimate of drug-likeness (QED) is 0.837. The highest BCUT2D eigenvalue weighted by atomic mass is 16.1. The summed E-state index contributed by atoms with van der Waals surface area (Å²) in [6, 6.07) is 7.54. The standard InChI is InChI=1S/C10H13NO.C2H6.CH2O/c1-3-11-10(12)9-6-4-8(2)5-7-9;2*1-2/h4-7H,3H2,1-2H3,(H,11,12);1-2H3;1H2. The van der Waals surface area contributed by atoms with Crippen LogP contribution in [0.3, 0.4) is 0 Å². The molecule has 0 atom stereocenters. The molecule has 0 fully saturated rings. The first-order chi connectivity index (χ1) is 7.74. The van der Waals surface area contributed by atoms with Crippen molar-refractivity contribution in [3.63, 3.8) is 0 Å². The lowest BCUT2D eigenvalue weighted by Gasteiger charge is -2.01. The summed E-state index contributed by atoms with van der Waals surface area (Å²) in [5.74, 6) is -0.00231. The van der Waals surface area contributed by atoms with Crippen molar-refractivity contribution in [3.8, 4) is 0 Å². The van der Waals surface area contributed by atoms with Gasteiger partial charge in [0.1, 0.15) is 6.79 Å². The van der Waals surface area contributed by atoms with E-state index in [1.165, 1.54) is 5.56 Å². The van der Waals surface area contributed by atoms with Crippen molar-refractivity contribution in [2.75, 3.05) is 6.54 Å². The third-order valence-electron chi connectivity index (χ3n) is 1.65. The zero-order valence-electron chi connectivity index (χ0n) is 10.5. The molecule has 0 bridgehead atoms. The summed E-state index contributed by atoms with van der Waals surface area (Å²) < 4.78 is 0. The number of aryl methyl sites for hydroxylation is 1. The molecule has 0 heterocycles. The number of benzene rings is 1. The Hall–Kier alpha value is -1.64. The maximum absolute atomic E-state index is 11.2. The van der Waals surface area contributed by atoms with E-state index >= 15 is 0 Å². The average molecular weight is 223 g/mol. The monoisotopic (exact) mass is 223 g/mol. The number of rotatable bonds is 2. The van der Waals surface area contributed by atoms with E-state index in [-0.39, 0.29) is 5.91 Å². The van der Waals surface area contributed by atoms with Gasteiger partial charge in [-0.05, 0) is 26.0 Å².